The van der Waals surface area contributed by atoms with E-state index in [-0.39, 0.29) is 6.42 Å². The Morgan fingerprint density at radius 1 is 1.43 bits per heavy atom. The van der Waals surface area contributed by atoms with Crippen molar-refractivity contribution in [3.8, 4) is 0 Å². The first kappa shape index (κ1) is 12.9. The molecule has 0 aliphatic heterocycles. The Morgan fingerprint density at radius 3 is 2.21 bits per heavy atom. The van der Waals surface area contributed by atoms with Crippen LogP contribution in [0, 0.1) is 0 Å². The first-order valence-corrected chi connectivity index (χ1v) is 4.44. The summed E-state index contributed by atoms with van der Waals surface area (Å²) in [5, 5.41) is 2.46. The molecule has 4 nitrogen and oxygen atoms in total. The molecule has 82 valence electrons. The largest absolute Gasteiger partial charge is 0.435 e. The Labute approximate surface area is 82.8 Å². The number of hydrogen-bond acceptors (Lipinski definition) is 3. The molecule has 0 rings (SSSR count). The number of ether oxygens (including phenoxy) is 1. The number of nitrogens with one attached hydrogen (secondary N) is 1. The summed E-state index contributed by atoms with van der Waals surface area (Å²) in [6, 6.07) is -1.63. The van der Waals surface area contributed by atoms with Crippen LogP contribution < -0.4 is 5.32 Å². The van der Waals surface area contributed by atoms with E-state index in [1.165, 1.54) is 0 Å². The van der Waals surface area contributed by atoms with Gasteiger partial charge in [-0.3, -0.25) is 4.79 Å². The van der Waals surface area contributed by atoms with Gasteiger partial charge in [0.2, 0.25) is 0 Å². The van der Waals surface area contributed by atoms with E-state index in [0.29, 0.717) is 0 Å². The van der Waals surface area contributed by atoms with Gasteiger partial charge >= 0.3 is 12.1 Å². The van der Waals surface area contributed by atoms with Crippen LogP contribution in [0.15, 0.2) is 0 Å². The lowest BCUT2D eigenvalue weighted by Crippen LogP contribution is -2.43. The molecule has 0 saturated heterocycles. The third-order valence-corrected chi connectivity index (χ3v) is 1.35. The van der Waals surface area contributed by atoms with E-state index >= 15 is 0 Å². The van der Waals surface area contributed by atoms with Crippen molar-refractivity contribution in [2.45, 2.75) is 45.8 Å². The van der Waals surface area contributed by atoms with E-state index in [0.717, 1.165) is 0 Å². The van der Waals surface area contributed by atoms with Crippen molar-refractivity contribution in [3.63, 3.8) is 0 Å². The van der Waals surface area contributed by atoms with Gasteiger partial charge in [-0.1, -0.05) is 6.92 Å². The Morgan fingerprint density at radius 2 is 1.93 bits per heavy atom. The maximum absolute atomic E-state index is 12.2. The summed E-state index contributed by atoms with van der Waals surface area (Å²) in [4.78, 5) is 21.4. The van der Waals surface area contributed by atoms with Crippen LogP contribution in [0.5, 0.6) is 0 Å². The SMILES string of the molecule is CC[C@H](OC(=O)NC(C)(C)C)C(=O)F. The molecule has 0 aliphatic rings. The fourth-order valence-electron chi connectivity index (χ4n) is 0.755. The molecule has 0 fully saturated rings. The van der Waals surface area contributed by atoms with Gasteiger partial charge in [-0.15, -0.1) is 0 Å². The number of carbonyl (C=O) groups is 2. The zero-order valence-corrected chi connectivity index (χ0v) is 8.89. The first-order chi connectivity index (χ1) is 6.26. The second-order valence-corrected chi connectivity index (χ2v) is 3.98. The van der Waals surface area contributed by atoms with Crippen LogP contribution in [0.3, 0.4) is 0 Å². The van der Waals surface area contributed by atoms with E-state index in [9.17, 15) is 14.0 Å². The minimum atomic E-state index is -1.63. The van der Waals surface area contributed by atoms with Crippen LogP contribution in [0.2, 0.25) is 0 Å². The standard InChI is InChI=1S/C9H16FNO3/c1-5-6(7(10)12)14-8(13)11-9(2,3)4/h6H,5H2,1-4H3,(H,11,13)/t6-/m0/s1. The number of alkyl carbamates (subject to hydrolysis) is 1. The third-order valence-electron chi connectivity index (χ3n) is 1.35. The molecule has 14 heavy (non-hydrogen) atoms. The monoisotopic (exact) mass is 205 g/mol. The maximum atomic E-state index is 12.2. The molecule has 0 heterocycles. The predicted octanol–water partition coefficient (Wildman–Crippen LogP) is 1.79. The van der Waals surface area contributed by atoms with Crippen molar-refractivity contribution in [2.75, 3.05) is 0 Å². The zero-order chi connectivity index (χ0) is 11.4. The molecule has 0 aromatic carbocycles. The lowest BCUT2D eigenvalue weighted by molar-refractivity contribution is -0.138. The van der Waals surface area contributed by atoms with E-state index in [1.54, 1.807) is 27.7 Å². The number of hydrogen-bond donors (Lipinski definition) is 1. The molecule has 0 aromatic rings. The van der Waals surface area contributed by atoms with Gasteiger partial charge in [0, 0.05) is 5.54 Å². The molecule has 1 atom stereocenters. The smallest absolute Gasteiger partial charge is 0.408 e. The summed E-state index contributed by atoms with van der Waals surface area (Å²) in [5.41, 5.74) is -0.464. The van der Waals surface area contributed by atoms with Gasteiger partial charge < -0.3 is 10.1 Å². The van der Waals surface area contributed by atoms with Crippen LogP contribution in [0.4, 0.5) is 9.18 Å². The van der Waals surface area contributed by atoms with Gasteiger partial charge in [-0.05, 0) is 27.2 Å². The van der Waals surface area contributed by atoms with Crippen LogP contribution >= 0.6 is 0 Å². The van der Waals surface area contributed by atoms with Crippen molar-refractivity contribution < 1.29 is 18.7 Å². The van der Waals surface area contributed by atoms with Crippen molar-refractivity contribution in [1.82, 2.24) is 5.32 Å². The van der Waals surface area contributed by atoms with Crippen molar-refractivity contribution in [1.29, 1.82) is 0 Å². The van der Waals surface area contributed by atoms with Gasteiger partial charge in [0.05, 0.1) is 0 Å². The Bertz CT molecular complexity index is 223. The van der Waals surface area contributed by atoms with E-state index < -0.39 is 23.8 Å². The molecule has 1 amide bonds. The van der Waals surface area contributed by atoms with Gasteiger partial charge in [0.1, 0.15) is 0 Å². The summed E-state index contributed by atoms with van der Waals surface area (Å²) < 4.78 is 16.8. The average molecular weight is 205 g/mol. The Kier molecular flexibility index (Phi) is 4.53. The zero-order valence-electron chi connectivity index (χ0n) is 8.89. The first-order valence-electron chi connectivity index (χ1n) is 4.44. The molecule has 0 bridgehead atoms. The van der Waals surface area contributed by atoms with Gasteiger partial charge in [0.15, 0.2) is 6.10 Å². The van der Waals surface area contributed by atoms with Gasteiger partial charge in [-0.25, -0.2) is 4.79 Å². The molecular formula is C9H16FNO3. The Balaban J connectivity index is 4.11. The fraction of sp³-hybridized carbons (Fsp3) is 0.778. The van der Waals surface area contributed by atoms with E-state index in [2.05, 4.69) is 10.1 Å². The highest BCUT2D eigenvalue weighted by molar-refractivity contribution is 5.77. The van der Waals surface area contributed by atoms with E-state index in [1.807, 2.05) is 0 Å². The molecule has 0 unspecified atom stereocenters. The highest BCUT2D eigenvalue weighted by Gasteiger charge is 2.22. The number of rotatable bonds is 3. The highest BCUT2D eigenvalue weighted by atomic mass is 19.1. The van der Waals surface area contributed by atoms with Gasteiger partial charge in [0.25, 0.3) is 0 Å². The normalized spacial score (nSPS) is 13.2. The predicted molar refractivity (Wildman–Crippen MR) is 49.6 cm³/mol. The minimum absolute atomic E-state index is 0.132. The fourth-order valence-corrected chi connectivity index (χ4v) is 0.755. The van der Waals surface area contributed by atoms with Crippen molar-refractivity contribution in [2.24, 2.45) is 0 Å². The quantitative estimate of drug-likeness (QED) is 0.714. The minimum Gasteiger partial charge on any atom is -0.435 e. The van der Waals surface area contributed by atoms with Crippen LogP contribution in [0.25, 0.3) is 0 Å². The molecule has 0 saturated carbocycles. The Hall–Kier alpha value is -1.13. The molecular weight excluding hydrogens is 189 g/mol. The summed E-state index contributed by atoms with van der Waals surface area (Å²) in [6.07, 6.45) is -1.94. The van der Waals surface area contributed by atoms with E-state index in [4.69, 9.17) is 0 Å². The molecule has 5 heteroatoms. The van der Waals surface area contributed by atoms with Crippen molar-refractivity contribution in [3.05, 3.63) is 0 Å². The lowest BCUT2D eigenvalue weighted by atomic mass is 10.1. The topological polar surface area (TPSA) is 55.4 Å². The number of amides is 1. The molecule has 0 aromatic heterocycles. The molecule has 1 N–H and O–H groups in total. The lowest BCUT2D eigenvalue weighted by Gasteiger charge is -2.21. The number of halogens is 1. The summed E-state index contributed by atoms with van der Waals surface area (Å²) in [5.74, 6) is 0. The molecule has 0 aliphatic carbocycles. The summed E-state index contributed by atoms with van der Waals surface area (Å²) in [6.45, 7) is 6.83. The van der Waals surface area contributed by atoms with Crippen LogP contribution in [-0.2, 0) is 9.53 Å². The average Bonchev–Trinajstić information content (AvgIpc) is 1.96. The third kappa shape index (κ3) is 5.50. The molecule has 0 spiro atoms. The maximum Gasteiger partial charge on any atom is 0.408 e. The highest BCUT2D eigenvalue weighted by Crippen LogP contribution is 2.04. The van der Waals surface area contributed by atoms with Crippen molar-refractivity contribution >= 4 is 12.1 Å². The molecule has 0 radical (unpaired) electrons. The van der Waals surface area contributed by atoms with Crippen LogP contribution in [0.1, 0.15) is 34.1 Å². The number of carbonyl (C=O) groups excluding carboxylic acids is 2. The summed E-state index contributed by atoms with van der Waals surface area (Å²) in [7, 11) is 0. The summed E-state index contributed by atoms with van der Waals surface area (Å²) >= 11 is 0. The van der Waals surface area contributed by atoms with Gasteiger partial charge in [-0.2, -0.15) is 4.39 Å². The van der Waals surface area contributed by atoms with Crippen LogP contribution in [-0.4, -0.2) is 23.8 Å². The second-order valence-electron chi connectivity index (χ2n) is 3.98. The second kappa shape index (κ2) is 4.93.